The summed E-state index contributed by atoms with van der Waals surface area (Å²) in [6, 6.07) is 5.24. The Balaban J connectivity index is 2.11. The molecule has 2 aromatic rings. The highest BCUT2D eigenvalue weighted by Crippen LogP contribution is 2.27. The van der Waals surface area contributed by atoms with Gasteiger partial charge in [-0.2, -0.15) is 0 Å². The van der Waals surface area contributed by atoms with Gasteiger partial charge in [0.25, 0.3) is 0 Å². The van der Waals surface area contributed by atoms with Gasteiger partial charge >= 0.3 is 11.7 Å². The van der Waals surface area contributed by atoms with Crippen molar-refractivity contribution in [1.82, 2.24) is 5.32 Å². The lowest BCUT2D eigenvalue weighted by Gasteiger charge is -2.11. The molecule has 0 aliphatic heterocycles. The Labute approximate surface area is 185 Å². The van der Waals surface area contributed by atoms with E-state index in [4.69, 9.17) is 4.42 Å². The maximum Gasteiger partial charge on any atom is 0.410 e. The molecule has 0 aromatic carbocycles. The summed E-state index contributed by atoms with van der Waals surface area (Å²) in [5, 5.41) is 12.8. The van der Waals surface area contributed by atoms with Crippen molar-refractivity contribution in [1.29, 1.82) is 0 Å². The lowest BCUT2D eigenvalue weighted by atomic mass is 10.00. The zero-order valence-corrected chi connectivity index (χ0v) is 18.9. The van der Waals surface area contributed by atoms with Crippen LogP contribution >= 0.6 is 11.3 Å². The van der Waals surface area contributed by atoms with Gasteiger partial charge in [0.15, 0.2) is 5.78 Å². The van der Waals surface area contributed by atoms with Gasteiger partial charge in [0.1, 0.15) is 17.1 Å². The molecule has 31 heavy (non-hydrogen) atoms. The van der Waals surface area contributed by atoms with Crippen molar-refractivity contribution >= 4 is 29.3 Å². The van der Waals surface area contributed by atoms with Crippen LogP contribution in [0.1, 0.15) is 65.4 Å². The Bertz CT molecular complexity index is 1050. The van der Waals surface area contributed by atoms with E-state index in [9.17, 15) is 19.5 Å². The van der Waals surface area contributed by atoms with Crippen molar-refractivity contribution in [3.8, 4) is 5.75 Å². The fourth-order valence-electron chi connectivity index (χ4n) is 2.85. The average molecular weight is 446 g/mol. The second kappa shape index (κ2) is 11.3. The number of allylic oxidation sites excluding steroid dienone is 2. The number of hydrogen-bond acceptors (Lipinski definition) is 7. The third-order valence-electron chi connectivity index (χ3n) is 4.68. The minimum atomic E-state index is -0.858. The average Bonchev–Trinajstić information content (AvgIpc) is 3.19. The second-order valence-electron chi connectivity index (χ2n) is 7.03. The molecule has 0 spiro atoms. The van der Waals surface area contributed by atoms with E-state index in [1.54, 1.807) is 30.4 Å². The quantitative estimate of drug-likeness (QED) is 0.415. The molecule has 7 nitrogen and oxygen atoms in total. The summed E-state index contributed by atoms with van der Waals surface area (Å²) in [4.78, 5) is 38.3. The van der Waals surface area contributed by atoms with E-state index in [1.165, 1.54) is 24.3 Å². The number of alkyl carbamates (subject to hydrolysis) is 1. The molecule has 0 radical (unpaired) electrons. The van der Waals surface area contributed by atoms with Crippen LogP contribution in [-0.4, -0.2) is 24.1 Å². The molecule has 0 fully saturated rings. The standard InChI is InChI=1S/C23H27NO6S/c1-5-16-9-10-17(31-16)12-15(3)21(26)20-18(25)13-19(30-22(20)27)14(2)8-6-7-11-24-23(28)29-4/h7,9-14,25H,5-6,8H2,1-4H3,(H,24,28)/b11-7+,15-12+. The molecular formula is C23H27NO6S. The number of methoxy groups -OCH3 is 1. The molecule has 0 aliphatic rings. The molecule has 8 heteroatoms. The third kappa shape index (κ3) is 6.68. The molecule has 1 unspecified atom stereocenters. The number of Topliss-reactive ketones (excluding diaryl/α,β-unsaturated/α-hetero) is 1. The monoisotopic (exact) mass is 445 g/mol. The van der Waals surface area contributed by atoms with Crippen molar-refractivity contribution in [2.45, 2.75) is 46.0 Å². The lowest BCUT2D eigenvalue weighted by Crippen LogP contribution is -2.16. The van der Waals surface area contributed by atoms with Crippen LogP contribution in [0.15, 0.2) is 45.3 Å². The van der Waals surface area contributed by atoms with Gasteiger partial charge in [0.2, 0.25) is 0 Å². The van der Waals surface area contributed by atoms with E-state index < -0.39 is 17.5 Å². The lowest BCUT2D eigenvalue weighted by molar-refractivity contribution is 0.102. The van der Waals surface area contributed by atoms with Gasteiger partial charge in [0.05, 0.1) is 7.11 Å². The molecule has 0 bridgehead atoms. The van der Waals surface area contributed by atoms with E-state index in [0.717, 1.165) is 11.3 Å². The number of ether oxygens (including phenoxy) is 1. The Kier molecular flexibility index (Phi) is 8.81. The first kappa shape index (κ1) is 24.1. The molecular weight excluding hydrogens is 418 g/mol. The Hall–Kier alpha value is -3.13. The summed E-state index contributed by atoms with van der Waals surface area (Å²) in [5.41, 5.74) is -0.877. The largest absolute Gasteiger partial charge is 0.507 e. The summed E-state index contributed by atoms with van der Waals surface area (Å²) in [5.74, 6) is -0.838. The predicted octanol–water partition coefficient (Wildman–Crippen LogP) is 5.01. The number of amides is 1. The second-order valence-corrected chi connectivity index (χ2v) is 8.23. The van der Waals surface area contributed by atoms with Crippen molar-refractivity contribution in [2.24, 2.45) is 0 Å². The van der Waals surface area contributed by atoms with Crippen LogP contribution in [0.5, 0.6) is 5.75 Å². The van der Waals surface area contributed by atoms with Crippen molar-refractivity contribution in [3.63, 3.8) is 0 Å². The number of aryl methyl sites for hydroxylation is 1. The molecule has 2 heterocycles. The predicted molar refractivity (Wildman–Crippen MR) is 121 cm³/mol. The van der Waals surface area contributed by atoms with Gasteiger partial charge in [-0.3, -0.25) is 10.1 Å². The van der Waals surface area contributed by atoms with Gasteiger partial charge in [-0.25, -0.2) is 9.59 Å². The number of nitrogens with one attached hydrogen (secondary N) is 1. The number of aromatic hydroxyl groups is 1. The SMILES string of the molecule is CCc1ccc(/C=C(\C)C(=O)c2c(O)cc(C(C)CC/C=C/NC(=O)OC)oc2=O)s1. The maximum atomic E-state index is 12.7. The third-order valence-corrected chi connectivity index (χ3v) is 5.86. The Morgan fingerprint density at radius 3 is 2.71 bits per heavy atom. The van der Waals surface area contributed by atoms with Crippen LogP contribution in [-0.2, 0) is 11.2 Å². The molecule has 2 aromatic heterocycles. The molecule has 1 amide bonds. The van der Waals surface area contributed by atoms with Crippen LogP contribution < -0.4 is 10.9 Å². The highest BCUT2D eigenvalue weighted by atomic mass is 32.1. The van der Waals surface area contributed by atoms with E-state index in [1.807, 2.05) is 19.1 Å². The number of hydrogen-bond donors (Lipinski definition) is 2. The first-order chi connectivity index (χ1) is 14.8. The van der Waals surface area contributed by atoms with Crippen LogP contribution in [0.4, 0.5) is 4.79 Å². The minimum Gasteiger partial charge on any atom is -0.507 e. The molecule has 2 N–H and O–H groups in total. The van der Waals surface area contributed by atoms with E-state index >= 15 is 0 Å². The van der Waals surface area contributed by atoms with Gasteiger partial charge < -0.3 is 14.3 Å². The number of ketones is 1. The van der Waals surface area contributed by atoms with Crippen LogP contribution in [0.3, 0.4) is 0 Å². The summed E-state index contributed by atoms with van der Waals surface area (Å²) in [7, 11) is 1.27. The highest BCUT2D eigenvalue weighted by Gasteiger charge is 2.22. The van der Waals surface area contributed by atoms with E-state index in [2.05, 4.69) is 17.0 Å². The minimum absolute atomic E-state index is 0.180. The number of carbonyl (C=O) groups is 2. The van der Waals surface area contributed by atoms with Crippen LogP contribution in [0.2, 0.25) is 0 Å². The first-order valence-electron chi connectivity index (χ1n) is 9.95. The van der Waals surface area contributed by atoms with Gasteiger partial charge in [0, 0.05) is 27.9 Å². The maximum absolute atomic E-state index is 12.7. The number of thiophene rings is 1. The topological polar surface area (TPSA) is 106 Å². The zero-order chi connectivity index (χ0) is 23.0. The Morgan fingerprint density at radius 1 is 1.35 bits per heavy atom. The van der Waals surface area contributed by atoms with Gasteiger partial charge in [-0.05, 0) is 50.0 Å². The van der Waals surface area contributed by atoms with E-state index in [0.29, 0.717) is 24.2 Å². The van der Waals surface area contributed by atoms with Crippen molar-refractivity contribution in [2.75, 3.05) is 7.11 Å². The number of carbonyl (C=O) groups excluding carboxylic acids is 2. The molecule has 0 saturated heterocycles. The summed E-state index contributed by atoms with van der Waals surface area (Å²) in [6.07, 6.45) is 6.47. The van der Waals surface area contributed by atoms with Crippen LogP contribution in [0.25, 0.3) is 6.08 Å². The van der Waals surface area contributed by atoms with E-state index in [-0.39, 0.29) is 17.2 Å². The fourth-order valence-corrected chi connectivity index (χ4v) is 3.80. The number of rotatable bonds is 9. The van der Waals surface area contributed by atoms with Crippen molar-refractivity contribution < 1.29 is 23.8 Å². The first-order valence-corrected chi connectivity index (χ1v) is 10.8. The Morgan fingerprint density at radius 2 is 2.10 bits per heavy atom. The molecule has 166 valence electrons. The normalized spacial score (nSPS) is 12.7. The van der Waals surface area contributed by atoms with Gasteiger partial charge in [-0.1, -0.05) is 19.9 Å². The molecule has 2 rings (SSSR count). The molecule has 0 saturated carbocycles. The van der Waals surface area contributed by atoms with Gasteiger partial charge in [-0.15, -0.1) is 11.3 Å². The highest BCUT2D eigenvalue weighted by molar-refractivity contribution is 7.12. The smallest absolute Gasteiger partial charge is 0.410 e. The summed E-state index contributed by atoms with van der Waals surface area (Å²) in [6.45, 7) is 5.50. The molecule has 0 aliphatic carbocycles. The van der Waals surface area contributed by atoms with Crippen LogP contribution in [0, 0.1) is 0 Å². The zero-order valence-electron chi connectivity index (χ0n) is 18.1. The molecule has 1 atom stereocenters. The van der Waals surface area contributed by atoms with Crippen molar-refractivity contribution in [3.05, 3.63) is 67.5 Å². The fraction of sp³-hybridized carbons (Fsp3) is 0.348. The summed E-state index contributed by atoms with van der Waals surface area (Å²) < 4.78 is 9.78. The summed E-state index contributed by atoms with van der Waals surface area (Å²) >= 11 is 1.57.